The molecule has 0 aliphatic heterocycles. The Labute approximate surface area is 142 Å². The fraction of sp³-hybridized carbons (Fsp3) is 0.556. The van der Waals surface area contributed by atoms with Crippen LogP contribution < -0.4 is 15.4 Å². The first-order valence-electron chi connectivity index (χ1n) is 8.31. The second kappa shape index (κ2) is 8.68. The Hall–Kier alpha value is -2.08. The second-order valence-electron chi connectivity index (χ2n) is 6.04. The van der Waals surface area contributed by atoms with Gasteiger partial charge in [-0.3, -0.25) is 9.59 Å². The van der Waals surface area contributed by atoms with Crippen LogP contribution in [0.1, 0.15) is 24.8 Å². The minimum atomic E-state index is -0.860. The third kappa shape index (κ3) is 4.71. The smallest absolute Gasteiger partial charge is 0.235 e. The number of nitrogens with one attached hydrogen (secondary N) is 2. The molecule has 2 N–H and O–H groups in total. The van der Waals surface area contributed by atoms with Gasteiger partial charge in [0.25, 0.3) is 0 Å². The summed E-state index contributed by atoms with van der Waals surface area (Å²) in [5.41, 5.74) is 0.227. The summed E-state index contributed by atoms with van der Waals surface area (Å²) < 4.78 is 10.1. The molecule has 6 heteroatoms. The highest BCUT2D eigenvalue weighted by Gasteiger charge is 2.56. The summed E-state index contributed by atoms with van der Waals surface area (Å²) in [6.45, 7) is 1.64. The van der Waals surface area contributed by atoms with Crippen LogP contribution in [0, 0.1) is 5.41 Å². The van der Waals surface area contributed by atoms with Crippen molar-refractivity contribution in [2.24, 2.45) is 5.41 Å². The van der Waals surface area contributed by atoms with Gasteiger partial charge in [-0.05, 0) is 43.4 Å². The van der Waals surface area contributed by atoms with Crippen LogP contribution in [0.25, 0.3) is 0 Å². The summed E-state index contributed by atoms with van der Waals surface area (Å²) in [7, 11) is 3.25. The van der Waals surface area contributed by atoms with Gasteiger partial charge in [0, 0.05) is 26.8 Å². The summed E-state index contributed by atoms with van der Waals surface area (Å²) in [5, 5.41) is 5.72. The monoisotopic (exact) mass is 334 g/mol. The largest absolute Gasteiger partial charge is 0.497 e. The highest BCUT2D eigenvalue weighted by atomic mass is 16.5. The molecule has 0 spiro atoms. The zero-order chi connectivity index (χ0) is 17.4. The maximum absolute atomic E-state index is 12.3. The van der Waals surface area contributed by atoms with E-state index in [2.05, 4.69) is 10.6 Å². The predicted octanol–water partition coefficient (Wildman–Crippen LogP) is 1.29. The Morgan fingerprint density at radius 3 is 2.46 bits per heavy atom. The summed E-state index contributed by atoms with van der Waals surface area (Å²) in [4.78, 5) is 24.6. The van der Waals surface area contributed by atoms with Crippen LogP contribution in [0.3, 0.4) is 0 Å². The first-order chi connectivity index (χ1) is 11.6. The van der Waals surface area contributed by atoms with Gasteiger partial charge in [0.05, 0.1) is 7.11 Å². The number of rotatable bonds is 10. The average molecular weight is 334 g/mol. The summed E-state index contributed by atoms with van der Waals surface area (Å²) in [6, 6.07) is 7.74. The first-order valence-corrected chi connectivity index (χ1v) is 8.31. The van der Waals surface area contributed by atoms with Crippen LogP contribution in [0.15, 0.2) is 24.3 Å². The van der Waals surface area contributed by atoms with E-state index in [9.17, 15) is 9.59 Å². The predicted molar refractivity (Wildman–Crippen MR) is 90.9 cm³/mol. The summed E-state index contributed by atoms with van der Waals surface area (Å²) in [5.74, 6) is 0.458. The standard InChI is InChI=1S/C18H26N2O4/c1-23-12-4-10-19-16(21)18(8-9-18)17(22)20-11-7-14-5-3-6-15(13-14)24-2/h3,5-6,13H,4,7-12H2,1-2H3,(H,19,21)(H,20,22). The van der Waals surface area contributed by atoms with Crippen molar-refractivity contribution in [3.8, 4) is 5.75 Å². The number of benzene rings is 1. The van der Waals surface area contributed by atoms with Gasteiger partial charge >= 0.3 is 0 Å². The van der Waals surface area contributed by atoms with Gasteiger partial charge in [0.15, 0.2) is 0 Å². The molecule has 24 heavy (non-hydrogen) atoms. The molecule has 0 atom stereocenters. The molecule has 1 fully saturated rings. The zero-order valence-electron chi connectivity index (χ0n) is 14.4. The molecule has 1 aromatic carbocycles. The number of methoxy groups -OCH3 is 2. The van der Waals surface area contributed by atoms with Crippen molar-refractivity contribution < 1.29 is 19.1 Å². The van der Waals surface area contributed by atoms with Gasteiger partial charge in [-0.25, -0.2) is 0 Å². The van der Waals surface area contributed by atoms with Crippen molar-refractivity contribution in [3.63, 3.8) is 0 Å². The molecule has 0 saturated heterocycles. The van der Waals surface area contributed by atoms with Crippen molar-refractivity contribution in [1.82, 2.24) is 10.6 Å². The van der Waals surface area contributed by atoms with E-state index in [0.717, 1.165) is 17.7 Å². The molecular weight excluding hydrogens is 308 g/mol. The van der Waals surface area contributed by atoms with Gasteiger partial charge in [-0.15, -0.1) is 0 Å². The minimum absolute atomic E-state index is 0.169. The van der Waals surface area contributed by atoms with Gasteiger partial charge in [0.2, 0.25) is 11.8 Å². The molecule has 0 unspecified atom stereocenters. The molecule has 6 nitrogen and oxygen atoms in total. The molecule has 0 heterocycles. The van der Waals surface area contributed by atoms with Crippen molar-refractivity contribution in [2.75, 3.05) is 33.9 Å². The van der Waals surface area contributed by atoms with Gasteiger partial charge < -0.3 is 20.1 Å². The Morgan fingerprint density at radius 2 is 1.83 bits per heavy atom. The number of ether oxygens (including phenoxy) is 2. The van der Waals surface area contributed by atoms with E-state index in [1.165, 1.54) is 0 Å². The lowest BCUT2D eigenvalue weighted by atomic mass is 10.0. The third-order valence-corrected chi connectivity index (χ3v) is 4.26. The van der Waals surface area contributed by atoms with Gasteiger partial charge in [-0.1, -0.05) is 12.1 Å². The minimum Gasteiger partial charge on any atom is -0.497 e. The maximum atomic E-state index is 12.3. The van der Waals surface area contributed by atoms with Crippen LogP contribution in [-0.2, 0) is 20.7 Å². The summed E-state index contributed by atoms with van der Waals surface area (Å²) in [6.07, 6.45) is 2.69. The number of hydrogen-bond donors (Lipinski definition) is 2. The van der Waals surface area contributed by atoms with Gasteiger partial charge in [-0.2, -0.15) is 0 Å². The molecule has 0 radical (unpaired) electrons. The van der Waals surface area contributed by atoms with Crippen molar-refractivity contribution >= 4 is 11.8 Å². The molecule has 0 aromatic heterocycles. The fourth-order valence-corrected chi connectivity index (χ4v) is 2.59. The lowest BCUT2D eigenvalue weighted by Crippen LogP contribution is -2.44. The Kier molecular flexibility index (Phi) is 6.61. The van der Waals surface area contributed by atoms with Crippen LogP contribution in [0.5, 0.6) is 5.75 Å². The molecule has 1 aliphatic rings. The average Bonchev–Trinajstić information content (AvgIpc) is 3.40. The summed E-state index contributed by atoms with van der Waals surface area (Å²) >= 11 is 0. The molecular formula is C18H26N2O4. The van der Waals surface area contributed by atoms with Crippen molar-refractivity contribution in [2.45, 2.75) is 25.7 Å². The molecule has 2 rings (SSSR count). The first kappa shape index (κ1) is 18.3. The number of hydrogen-bond acceptors (Lipinski definition) is 4. The highest BCUT2D eigenvalue weighted by molar-refractivity contribution is 6.07. The Bertz CT molecular complexity index is 570. The van der Waals surface area contributed by atoms with E-state index in [1.807, 2.05) is 24.3 Å². The van der Waals surface area contributed by atoms with Crippen LogP contribution in [0.4, 0.5) is 0 Å². The quantitative estimate of drug-likeness (QED) is 0.499. The van der Waals surface area contributed by atoms with E-state index in [-0.39, 0.29) is 11.8 Å². The topological polar surface area (TPSA) is 76.7 Å². The molecule has 0 bridgehead atoms. The number of carbonyl (C=O) groups excluding carboxylic acids is 2. The van der Waals surface area contributed by atoms with Crippen LogP contribution in [-0.4, -0.2) is 45.7 Å². The molecule has 1 aliphatic carbocycles. The lowest BCUT2D eigenvalue weighted by Gasteiger charge is -2.15. The molecule has 132 valence electrons. The van der Waals surface area contributed by atoms with Crippen LogP contribution >= 0.6 is 0 Å². The third-order valence-electron chi connectivity index (χ3n) is 4.26. The van der Waals surface area contributed by atoms with Crippen molar-refractivity contribution in [1.29, 1.82) is 0 Å². The van der Waals surface area contributed by atoms with Crippen LogP contribution in [0.2, 0.25) is 0 Å². The maximum Gasteiger partial charge on any atom is 0.235 e. The lowest BCUT2D eigenvalue weighted by molar-refractivity contribution is -0.137. The van der Waals surface area contributed by atoms with Crippen molar-refractivity contribution in [3.05, 3.63) is 29.8 Å². The SMILES string of the molecule is COCCCNC(=O)C1(C(=O)NCCc2cccc(OC)c2)CC1. The second-order valence-corrected chi connectivity index (χ2v) is 6.04. The van der Waals surface area contributed by atoms with E-state index in [1.54, 1.807) is 14.2 Å². The van der Waals surface area contributed by atoms with E-state index in [4.69, 9.17) is 9.47 Å². The highest BCUT2D eigenvalue weighted by Crippen LogP contribution is 2.46. The van der Waals surface area contributed by atoms with Gasteiger partial charge in [0.1, 0.15) is 11.2 Å². The number of carbonyl (C=O) groups is 2. The van der Waals surface area contributed by atoms with E-state index < -0.39 is 5.41 Å². The zero-order valence-corrected chi connectivity index (χ0v) is 14.4. The fourth-order valence-electron chi connectivity index (χ4n) is 2.59. The van der Waals surface area contributed by atoms with E-state index in [0.29, 0.717) is 39.0 Å². The molecule has 1 aromatic rings. The normalized spacial score (nSPS) is 14.8. The Balaban J connectivity index is 1.76. The molecule has 1 saturated carbocycles. The Morgan fingerprint density at radius 1 is 1.12 bits per heavy atom. The number of amides is 2. The molecule has 2 amide bonds. The van der Waals surface area contributed by atoms with E-state index >= 15 is 0 Å².